The van der Waals surface area contributed by atoms with Gasteiger partial charge in [-0.25, -0.2) is 0 Å². The first-order chi connectivity index (χ1) is 32.1. The third-order valence-electron chi connectivity index (χ3n) is 14.2. The minimum absolute atomic E-state index is 0.559. The first-order valence-corrected chi connectivity index (χ1v) is 22.6. The number of rotatable bonds is 6. The molecule has 10 aromatic carbocycles. The average molecular weight is 830 g/mol. The highest BCUT2D eigenvalue weighted by atomic mass is 16.3. The van der Waals surface area contributed by atoms with Gasteiger partial charge in [-0.1, -0.05) is 194 Å². The summed E-state index contributed by atoms with van der Waals surface area (Å²) in [6.45, 7) is 4.44. The molecule has 65 heavy (non-hydrogen) atoms. The molecule has 13 rings (SSSR count). The molecule has 2 heteroatoms. The molecule has 2 aliphatic rings. The Morgan fingerprint density at radius 3 is 1.54 bits per heavy atom. The number of nitrogens with zero attached hydrogens (tertiary/aromatic N) is 1. The second-order valence-electron chi connectivity index (χ2n) is 17.6. The maximum absolute atomic E-state index is 7.51. The Balaban J connectivity index is 1.17. The molecule has 306 valence electrons. The van der Waals surface area contributed by atoms with Crippen molar-refractivity contribution in [1.82, 2.24) is 0 Å². The van der Waals surface area contributed by atoms with E-state index in [1.165, 1.54) is 77.9 Å². The van der Waals surface area contributed by atoms with Gasteiger partial charge in [-0.05, 0) is 128 Å². The molecule has 0 saturated heterocycles. The van der Waals surface area contributed by atoms with Gasteiger partial charge in [0.1, 0.15) is 5.58 Å². The Morgan fingerprint density at radius 2 is 0.877 bits per heavy atom. The van der Waals surface area contributed by atoms with Gasteiger partial charge in [0.25, 0.3) is 0 Å². The quantitative estimate of drug-likeness (QED) is 0.166. The summed E-state index contributed by atoms with van der Waals surface area (Å²) < 4.78 is 7.51. The Kier molecular flexibility index (Phi) is 8.29. The van der Waals surface area contributed by atoms with Crippen LogP contribution in [0, 0.1) is 13.8 Å². The van der Waals surface area contributed by atoms with Crippen LogP contribution in [-0.4, -0.2) is 0 Å². The fraction of sp³-hybridized carbons (Fsp3) is 0.0476. The normalized spacial score (nSPS) is 12.9. The van der Waals surface area contributed by atoms with E-state index in [4.69, 9.17) is 4.42 Å². The third kappa shape index (κ3) is 5.41. The van der Waals surface area contributed by atoms with Gasteiger partial charge in [-0.15, -0.1) is 0 Å². The molecule has 2 nitrogen and oxygen atoms in total. The van der Waals surface area contributed by atoms with Crippen molar-refractivity contribution >= 4 is 39.0 Å². The van der Waals surface area contributed by atoms with Gasteiger partial charge in [0.15, 0.2) is 5.58 Å². The lowest BCUT2D eigenvalue weighted by Crippen LogP contribution is -2.26. The fourth-order valence-corrected chi connectivity index (χ4v) is 11.4. The molecule has 0 N–H and O–H groups in total. The van der Waals surface area contributed by atoms with Crippen LogP contribution in [0.2, 0.25) is 0 Å². The van der Waals surface area contributed by atoms with E-state index in [-0.39, 0.29) is 0 Å². The summed E-state index contributed by atoms with van der Waals surface area (Å²) in [4.78, 5) is 2.44. The van der Waals surface area contributed by atoms with Gasteiger partial charge < -0.3 is 9.32 Å². The zero-order valence-electron chi connectivity index (χ0n) is 36.2. The highest BCUT2D eigenvalue weighted by molar-refractivity contribution is 6.22. The number of hydrogen-bond acceptors (Lipinski definition) is 2. The molecule has 1 spiro atoms. The van der Waals surface area contributed by atoms with Gasteiger partial charge >= 0.3 is 0 Å². The fourth-order valence-electron chi connectivity index (χ4n) is 11.4. The van der Waals surface area contributed by atoms with Crippen molar-refractivity contribution in [3.63, 3.8) is 0 Å². The van der Waals surface area contributed by atoms with Crippen LogP contribution in [0.5, 0.6) is 0 Å². The maximum atomic E-state index is 7.51. The molecule has 1 heterocycles. The molecule has 1 aromatic heterocycles. The Bertz CT molecular complexity index is 3630. The molecule has 0 radical (unpaired) electrons. The molecule has 0 amide bonds. The van der Waals surface area contributed by atoms with Crippen LogP contribution in [0.15, 0.2) is 229 Å². The highest BCUT2D eigenvalue weighted by Gasteiger charge is 2.53. The number of aryl methyl sites for hydroxylation is 2. The van der Waals surface area contributed by atoms with Crippen molar-refractivity contribution < 1.29 is 4.42 Å². The first kappa shape index (κ1) is 37.4. The molecule has 2 aliphatic carbocycles. The van der Waals surface area contributed by atoms with Crippen molar-refractivity contribution in [2.75, 3.05) is 4.90 Å². The van der Waals surface area contributed by atoms with Crippen LogP contribution >= 0.6 is 0 Å². The summed E-state index contributed by atoms with van der Waals surface area (Å²) in [5.41, 5.74) is 24.1. The standard InChI is InChI=1S/C63H43NO/c1-40-18-9-10-23-47(40)48-37-36-46(38-41(48)2)64(45-34-32-43(33-35-45)42-19-5-3-6-20-42)58-39-57-59(60-53-28-17-27-49(61(53)65-62(58)60)44-21-7-4-8-22-44)52-26-13-16-31-56(52)63(57)54-29-14-11-24-50(54)51-25-12-15-30-55(51)63/h3-39H,1-2H3. The van der Waals surface area contributed by atoms with Crippen LogP contribution in [0.4, 0.5) is 17.1 Å². The van der Waals surface area contributed by atoms with E-state index >= 15 is 0 Å². The van der Waals surface area contributed by atoms with E-state index in [0.29, 0.717) is 0 Å². The molecule has 0 atom stereocenters. The first-order valence-electron chi connectivity index (χ1n) is 22.6. The van der Waals surface area contributed by atoms with Crippen molar-refractivity contribution in [2.24, 2.45) is 0 Å². The lowest BCUT2D eigenvalue weighted by Gasteiger charge is -2.32. The topological polar surface area (TPSA) is 16.4 Å². The SMILES string of the molecule is Cc1ccccc1-c1ccc(N(c2ccc(-c3ccccc3)cc2)c2cc3c(c4c2oc2c(-c5ccccc5)cccc24)-c2ccccc2C32c3ccccc3-c3ccccc32)cc1C. The molecular weight excluding hydrogens is 787 g/mol. The molecule has 11 aromatic rings. The summed E-state index contributed by atoms with van der Waals surface area (Å²) in [6, 6.07) is 82.4. The Morgan fingerprint density at radius 1 is 0.354 bits per heavy atom. The van der Waals surface area contributed by atoms with Gasteiger partial charge in [-0.2, -0.15) is 0 Å². The number of para-hydroxylation sites is 1. The number of benzene rings is 10. The second-order valence-corrected chi connectivity index (χ2v) is 17.6. The molecule has 0 saturated carbocycles. The largest absolute Gasteiger partial charge is 0.453 e. The van der Waals surface area contributed by atoms with E-state index in [9.17, 15) is 0 Å². The van der Waals surface area contributed by atoms with Crippen molar-refractivity contribution in [1.29, 1.82) is 0 Å². The maximum Gasteiger partial charge on any atom is 0.160 e. The summed E-state index contributed by atoms with van der Waals surface area (Å²) in [5.74, 6) is 0. The third-order valence-corrected chi connectivity index (χ3v) is 14.2. The van der Waals surface area contributed by atoms with Crippen molar-refractivity contribution in [3.05, 3.63) is 258 Å². The minimum Gasteiger partial charge on any atom is -0.453 e. The lowest BCUT2D eigenvalue weighted by atomic mass is 9.70. The molecule has 0 aliphatic heterocycles. The van der Waals surface area contributed by atoms with Gasteiger partial charge in [-0.3, -0.25) is 0 Å². The van der Waals surface area contributed by atoms with Gasteiger partial charge in [0.05, 0.1) is 11.1 Å². The van der Waals surface area contributed by atoms with Crippen LogP contribution in [0.25, 0.3) is 77.6 Å². The van der Waals surface area contributed by atoms with Crippen LogP contribution in [0.1, 0.15) is 33.4 Å². The number of anilines is 3. The minimum atomic E-state index is -0.559. The second kappa shape index (κ2) is 14.4. The van der Waals surface area contributed by atoms with Crippen molar-refractivity contribution in [2.45, 2.75) is 19.3 Å². The van der Waals surface area contributed by atoms with Crippen LogP contribution in [-0.2, 0) is 5.41 Å². The Labute approximate surface area is 379 Å². The van der Waals surface area contributed by atoms with E-state index in [0.717, 1.165) is 50.1 Å². The van der Waals surface area contributed by atoms with E-state index in [2.05, 4.69) is 243 Å². The van der Waals surface area contributed by atoms with Gasteiger partial charge in [0.2, 0.25) is 0 Å². The number of fused-ring (bicyclic) bond motifs is 14. The predicted molar refractivity (Wildman–Crippen MR) is 270 cm³/mol. The molecule has 0 fully saturated rings. The molecule has 0 unspecified atom stereocenters. The van der Waals surface area contributed by atoms with E-state index in [1.54, 1.807) is 0 Å². The number of furan rings is 1. The van der Waals surface area contributed by atoms with Crippen molar-refractivity contribution in [3.8, 4) is 55.6 Å². The Hall–Kier alpha value is -8.20. The monoisotopic (exact) mass is 829 g/mol. The summed E-state index contributed by atoms with van der Waals surface area (Å²) in [6.07, 6.45) is 0. The summed E-state index contributed by atoms with van der Waals surface area (Å²) in [7, 11) is 0. The lowest BCUT2D eigenvalue weighted by molar-refractivity contribution is 0.669. The van der Waals surface area contributed by atoms with E-state index < -0.39 is 5.41 Å². The number of hydrogen-bond donors (Lipinski definition) is 0. The highest BCUT2D eigenvalue weighted by Crippen LogP contribution is 2.65. The van der Waals surface area contributed by atoms with Crippen LogP contribution < -0.4 is 4.90 Å². The summed E-state index contributed by atoms with van der Waals surface area (Å²) >= 11 is 0. The van der Waals surface area contributed by atoms with E-state index in [1.807, 2.05) is 0 Å². The summed E-state index contributed by atoms with van der Waals surface area (Å²) in [5, 5.41) is 2.24. The molecular formula is C63H43NO. The smallest absolute Gasteiger partial charge is 0.160 e. The molecule has 0 bridgehead atoms. The predicted octanol–water partition coefficient (Wildman–Crippen LogP) is 17.0. The zero-order chi connectivity index (χ0) is 43.2. The zero-order valence-corrected chi connectivity index (χ0v) is 36.2. The van der Waals surface area contributed by atoms with Crippen LogP contribution in [0.3, 0.4) is 0 Å². The average Bonchev–Trinajstić information content (AvgIpc) is 4.00. The van der Waals surface area contributed by atoms with Gasteiger partial charge in [0, 0.05) is 27.7 Å².